The standard InChI is InChI=1S/C10H6INS2/c1-13-7-2-6(5-12)8-4-10(11)14-9(8)3-7/h2-4H,1H3. The molecule has 0 aliphatic heterocycles. The number of thioether (sulfide) groups is 1. The molecular weight excluding hydrogens is 325 g/mol. The second-order valence-corrected chi connectivity index (χ2v) is 6.61. The molecule has 2 rings (SSSR count). The van der Waals surface area contributed by atoms with Gasteiger partial charge in [0.2, 0.25) is 0 Å². The summed E-state index contributed by atoms with van der Waals surface area (Å²) in [6.45, 7) is 0. The highest BCUT2D eigenvalue weighted by molar-refractivity contribution is 14.1. The number of rotatable bonds is 1. The van der Waals surface area contributed by atoms with Crippen LogP contribution < -0.4 is 0 Å². The van der Waals surface area contributed by atoms with Crippen LogP contribution in [0.3, 0.4) is 0 Å². The zero-order chi connectivity index (χ0) is 10.1. The first-order chi connectivity index (χ1) is 6.74. The quantitative estimate of drug-likeness (QED) is 0.580. The van der Waals surface area contributed by atoms with Gasteiger partial charge in [-0.1, -0.05) is 0 Å². The summed E-state index contributed by atoms with van der Waals surface area (Å²) in [4.78, 5) is 1.16. The van der Waals surface area contributed by atoms with Gasteiger partial charge in [-0.3, -0.25) is 0 Å². The first-order valence-electron chi connectivity index (χ1n) is 3.92. The minimum atomic E-state index is 0.783. The van der Waals surface area contributed by atoms with E-state index in [1.807, 2.05) is 12.3 Å². The summed E-state index contributed by atoms with van der Waals surface area (Å²) in [5.41, 5.74) is 0.783. The maximum Gasteiger partial charge on any atom is 0.0998 e. The third-order valence-corrected chi connectivity index (χ3v) is 4.49. The van der Waals surface area contributed by atoms with Gasteiger partial charge >= 0.3 is 0 Å². The molecule has 0 fully saturated rings. The van der Waals surface area contributed by atoms with Gasteiger partial charge < -0.3 is 0 Å². The van der Waals surface area contributed by atoms with Crippen molar-refractivity contribution in [1.29, 1.82) is 5.26 Å². The molecule has 0 bridgehead atoms. The van der Waals surface area contributed by atoms with Gasteiger partial charge in [0.25, 0.3) is 0 Å². The molecule has 0 spiro atoms. The zero-order valence-electron chi connectivity index (χ0n) is 7.37. The van der Waals surface area contributed by atoms with E-state index < -0.39 is 0 Å². The normalized spacial score (nSPS) is 10.4. The molecule has 0 N–H and O–H groups in total. The van der Waals surface area contributed by atoms with E-state index >= 15 is 0 Å². The lowest BCUT2D eigenvalue weighted by Gasteiger charge is -1.98. The number of hydrogen-bond donors (Lipinski definition) is 0. The Morgan fingerprint density at radius 2 is 2.21 bits per heavy atom. The molecule has 0 amide bonds. The van der Waals surface area contributed by atoms with E-state index in [1.54, 1.807) is 23.1 Å². The second-order valence-electron chi connectivity index (χ2n) is 2.75. The van der Waals surface area contributed by atoms with E-state index in [9.17, 15) is 0 Å². The summed E-state index contributed by atoms with van der Waals surface area (Å²) in [7, 11) is 0. The number of halogens is 1. The average molecular weight is 331 g/mol. The summed E-state index contributed by atoms with van der Waals surface area (Å²) in [6.07, 6.45) is 2.03. The van der Waals surface area contributed by atoms with Gasteiger partial charge in [-0.05, 0) is 47.0 Å². The molecule has 1 aromatic heterocycles. The Kier molecular flexibility index (Phi) is 3.00. The SMILES string of the molecule is CSc1cc(C#N)c2cc(I)sc2c1. The minimum Gasteiger partial charge on any atom is -0.192 e. The van der Waals surface area contributed by atoms with Crippen LogP contribution in [-0.4, -0.2) is 6.26 Å². The lowest BCUT2D eigenvalue weighted by atomic mass is 10.1. The van der Waals surface area contributed by atoms with Crippen molar-refractivity contribution in [3.63, 3.8) is 0 Å². The number of hydrogen-bond acceptors (Lipinski definition) is 3. The Labute approximate surface area is 104 Å². The first kappa shape index (κ1) is 10.3. The van der Waals surface area contributed by atoms with Crippen molar-refractivity contribution >= 4 is 55.8 Å². The van der Waals surface area contributed by atoms with Crippen LogP contribution in [0.25, 0.3) is 10.1 Å². The fraction of sp³-hybridized carbons (Fsp3) is 0.100. The predicted molar refractivity (Wildman–Crippen MR) is 71.0 cm³/mol. The largest absolute Gasteiger partial charge is 0.192 e. The van der Waals surface area contributed by atoms with Crippen LogP contribution in [0.4, 0.5) is 0 Å². The molecule has 0 saturated carbocycles. The van der Waals surface area contributed by atoms with Crippen LogP contribution in [0, 0.1) is 14.2 Å². The van der Waals surface area contributed by atoms with Crippen molar-refractivity contribution in [1.82, 2.24) is 0 Å². The van der Waals surface area contributed by atoms with Gasteiger partial charge in [0, 0.05) is 15.0 Å². The average Bonchev–Trinajstić information content (AvgIpc) is 2.56. The molecule has 1 heterocycles. The molecule has 1 nitrogen and oxygen atoms in total. The van der Waals surface area contributed by atoms with Crippen LogP contribution in [0.5, 0.6) is 0 Å². The van der Waals surface area contributed by atoms with Crippen LogP contribution in [0.15, 0.2) is 23.1 Å². The summed E-state index contributed by atoms with van der Waals surface area (Å²) in [6, 6.07) is 8.42. The molecule has 1 aromatic carbocycles. The first-order valence-corrected chi connectivity index (χ1v) is 7.04. The van der Waals surface area contributed by atoms with E-state index in [0.29, 0.717) is 0 Å². The Morgan fingerprint density at radius 3 is 2.86 bits per heavy atom. The summed E-state index contributed by atoms with van der Waals surface area (Å²) >= 11 is 5.70. The van der Waals surface area contributed by atoms with Gasteiger partial charge in [-0.25, -0.2) is 0 Å². The van der Waals surface area contributed by atoms with Crippen LogP contribution in [0.2, 0.25) is 0 Å². The predicted octanol–water partition coefficient (Wildman–Crippen LogP) is 4.10. The lowest BCUT2D eigenvalue weighted by Crippen LogP contribution is -1.77. The monoisotopic (exact) mass is 331 g/mol. The third kappa shape index (κ3) is 1.76. The van der Waals surface area contributed by atoms with Crippen molar-refractivity contribution in [2.75, 3.05) is 6.26 Å². The third-order valence-electron chi connectivity index (χ3n) is 1.94. The molecule has 0 aliphatic rings. The van der Waals surface area contributed by atoms with Gasteiger partial charge in [-0.15, -0.1) is 23.1 Å². The number of fused-ring (bicyclic) bond motifs is 1. The van der Waals surface area contributed by atoms with Crippen LogP contribution in [-0.2, 0) is 0 Å². The molecule has 0 atom stereocenters. The number of benzene rings is 1. The number of nitrogens with zero attached hydrogens (tertiary/aromatic N) is 1. The van der Waals surface area contributed by atoms with Crippen molar-refractivity contribution in [3.8, 4) is 6.07 Å². The molecule has 0 unspecified atom stereocenters. The van der Waals surface area contributed by atoms with Gasteiger partial charge in [-0.2, -0.15) is 5.26 Å². The van der Waals surface area contributed by atoms with Crippen molar-refractivity contribution in [2.45, 2.75) is 4.90 Å². The zero-order valence-corrected chi connectivity index (χ0v) is 11.2. The maximum atomic E-state index is 9.01. The highest BCUT2D eigenvalue weighted by Gasteiger charge is 2.06. The molecular formula is C10H6INS2. The molecule has 0 aliphatic carbocycles. The summed E-state index contributed by atoms with van der Waals surface area (Å²) < 4.78 is 2.44. The summed E-state index contributed by atoms with van der Waals surface area (Å²) in [5, 5.41) is 10.1. The molecule has 2 aromatic rings. The topological polar surface area (TPSA) is 23.8 Å². The van der Waals surface area contributed by atoms with Crippen molar-refractivity contribution < 1.29 is 0 Å². The van der Waals surface area contributed by atoms with Gasteiger partial charge in [0.15, 0.2) is 0 Å². The highest BCUT2D eigenvalue weighted by atomic mass is 127. The van der Waals surface area contributed by atoms with Crippen molar-refractivity contribution in [2.24, 2.45) is 0 Å². The van der Waals surface area contributed by atoms with Crippen LogP contribution >= 0.6 is 45.7 Å². The van der Waals surface area contributed by atoms with Crippen LogP contribution in [0.1, 0.15) is 5.56 Å². The minimum absolute atomic E-state index is 0.783. The summed E-state index contributed by atoms with van der Waals surface area (Å²) in [5.74, 6) is 0. The number of thiophene rings is 1. The maximum absolute atomic E-state index is 9.01. The molecule has 70 valence electrons. The Bertz CT molecular complexity index is 525. The van der Waals surface area contributed by atoms with E-state index in [2.05, 4.69) is 40.8 Å². The van der Waals surface area contributed by atoms with E-state index in [-0.39, 0.29) is 0 Å². The van der Waals surface area contributed by atoms with Crippen molar-refractivity contribution in [3.05, 3.63) is 26.6 Å². The van der Waals surface area contributed by atoms with Gasteiger partial charge in [0.05, 0.1) is 14.5 Å². The molecule has 0 radical (unpaired) electrons. The second kappa shape index (κ2) is 4.09. The smallest absolute Gasteiger partial charge is 0.0998 e. The Balaban J connectivity index is 2.80. The molecule has 14 heavy (non-hydrogen) atoms. The van der Waals surface area contributed by atoms with E-state index in [1.165, 1.54) is 7.58 Å². The molecule has 4 heteroatoms. The lowest BCUT2D eigenvalue weighted by molar-refractivity contribution is 1.45. The van der Waals surface area contributed by atoms with Gasteiger partial charge in [0.1, 0.15) is 0 Å². The fourth-order valence-electron chi connectivity index (χ4n) is 1.29. The van der Waals surface area contributed by atoms with E-state index in [0.717, 1.165) is 15.8 Å². The molecule has 0 saturated heterocycles. The highest BCUT2D eigenvalue weighted by Crippen LogP contribution is 2.32. The number of nitriles is 1. The van der Waals surface area contributed by atoms with E-state index in [4.69, 9.17) is 5.26 Å². The Morgan fingerprint density at radius 1 is 1.43 bits per heavy atom. The Hall–Kier alpha value is -0.250. The fourth-order valence-corrected chi connectivity index (χ4v) is 3.71.